The van der Waals surface area contributed by atoms with E-state index in [4.69, 9.17) is 21.8 Å². The number of benzene rings is 2. The third kappa shape index (κ3) is 5.21. The topological polar surface area (TPSA) is 112 Å². The van der Waals surface area contributed by atoms with Crippen LogP contribution in [-0.2, 0) is 0 Å². The van der Waals surface area contributed by atoms with Crippen molar-refractivity contribution < 1.29 is 15.1 Å². The molecule has 2 N–H and O–H groups in total. The number of rotatable bonds is 8. The van der Waals surface area contributed by atoms with Crippen LogP contribution in [0.15, 0.2) is 52.7 Å². The van der Waals surface area contributed by atoms with Crippen molar-refractivity contribution in [2.24, 2.45) is 10.2 Å². The van der Waals surface area contributed by atoms with E-state index in [2.05, 4.69) is 10.2 Å². The quantitative estimate of drug-likeness (QED) is 0.423. The summed E-state index contributed by atoms with van der Waals surface area (Å²) in [5.41, 5.74) is 1.66. The molecule has 0 aliphatic heterocycles. The Morgan fingerprint density at radius 1 is 1.00 bits per heavy atom. The normalized spacial score (nSPS) is 11.0. The summed E-state index contributed by atoms with van der Waals surface area (Å²) in [5.74, 6) is 0. The van der Waals surface area contributed by atoms with Crippen LogP contribution in [0.2, 0.25) is 5.02 Å². The lowest BCUT2D eigenvalue weighted by molar-refractivity contribution is -0.384. The lowest BCUT2D eigenvalue weighted by Crippen LogP contribution is -2.29. The van der Waals surface area contributed by atoms with E-state index in [1.165, 1.54) is 18.2 Å². The summed E-state index contributed by atoms with van der Waals surface area (Å²) in [6, 6.07) is 11.2. The highest BCUT2D eigenvalue weighted by Crippen LogP contribution is 2.29. The number of aliphatic hydroxyl groups is 2. The van der Waals surface area contributed by atoms with Crippen molar-refractivity contribution in [1.29, 1.82) is 0 Å². The summed E-state index contributed by atoms with van der Waals surface area (Å²) in [7, 11) is 0. The van der Waals surface area contributed by atoms with Crippen molar-refractivity contribution in [3.05, 3.63) is 57.6 Å². The zero-order valence-electron chi connectivity index (χ0n) is 13.2. The summed E-state index contributed by atoms with van der Waals surface area (Å²) in [5, 5.41) is 36.9. The zero-order valence-corrected chi connectivity index (χ0v) is 14.0. The summed E-state index contributed by atoms with van der Waals surface area (Å²) >= 11 is 5.83. The van der Waals surface area contributed by atoms with Gasteiger partial charge in [0.15, 0.2) is 0 Å². The van der Waals surface area contributed by atoms with Crippen LogP contribution >= 0.6 is 11.6 Å². The van der Waals surface area contributed by atoms with E-state index < -0.39 is 4.92 Å². The van der Waals surface area contributed by atoms with Gasteiger partial charge in [-0.1, -0.05) is 11.6 Å². The Hall–Kier alpha value is -2.55. The molecule has 0 saturated heterocycles. The average molecular weight is 365 g/mol. The molecule has 2 aromatic carbocycles. The van der Waals surface area contributed by atoms with E-state index in [1.54, 1.807) is 12.1 Å². The van der Waals surface area contributed by atoms with E-state index in [9.17, 15) is 10.1 Å². The van der Waals surface area contributed by atoms with Crippen LogP contribution < -0.4 is 4.90 Å². The molecule has 0 atom stereocenters. The van der Waals surface area contributed by atoms with Gasteiger partial charge in [-0.15, -0.1) is 0 Å². The molecule has 2 rings (SSSR count). The van der Waals surface area contributed by atoms with Crippen molar-refractivity contribution in [2.45, 2.75) is 0 Å². The lowest BCUT2D eigenvalue weighted by atomic mass is 10.2. The van der Waals surface area contributed by atoms with E-state index >= 15 is 0 Å². The monoisotopic (exact) mass is 364 g/mol. The molecule has 0 fully saturated rings. The number of halogens is 1. The van der Waals surface area contributed by atoms with E-state index in [0.717, 1.165) is 5.69 Å². The molecular formula is C16H17ClN4O4. The Bertz CT molecular complexity index is 746. The van der Waals surface area contributed by atoms with Gasteiger partial charge in [0.2, 0.25) is 0 Å². The predicted octanol–water partition coefficient (Wildman–Crippen LogP) is 3.45. The highest BCUT2D eigenvalue weighted by atomic mass is 35.5. The number of aliphatic hydroxyl groups excluding tert-OH is 2. The van der Waals surface area contributed by atoms with Crippen LogP contribution in [0.5, 0.6) is 0 Å². The highest BCUT2D eigenvalue weighted by molar-refractivity contribution is 6.32. The second kappa shape index (κ2) is 9.07. The molecule has 0 aliphatic carbocycles. The van der Waals surface area contributed by atoms with Crippen molar-refractivity contribution in [1.82, 2.24) is 0 Å². The molecule has 0 aliphatic rings. The van der Waals surface area contributed by atoms with Gasteiger partial charge in [-0.2, -0.15) is 10.2 Å². The standard InChI is InChI=1S/C16H17ClN4O4/c17-15-11-13(3-6-16(15)21(24)25)19-18-12-1-4-14(5-2-12)20(7-9-22)8-10-23/h1-6,11,22-23H,7-10H2. The first-order valence-electron chi connectivity index (χ1n) is 7.47. The maximum absolute atomic E-state index is 10.7. The molecule has 0 saturated carbocycles. The first kappa shape index (κ1) is 18.8. The molecule has 0 radical (unpaired) electrons. The molecule has 2 aromatic rings. The number of hydrogen-bond acceptors (Lipinski definition) is 7. The second-order valence-electron chi connectivity index (χ2n) is 5.04. The minimum Gasteiger partial charge on any atom is -0.395 e. The van der Waals surface area contributed by atoms with Gasteiger partial charge in [-0.05, 0) is 36.4 Å². The average Bonchev–Trinajstić information content (AvgIpc) is 2.60. The molecule has 0 unspecified atom stereocenters. The summed E-state index contributed by atoms with van der Waals surface area (Å²) in [6.07, 6.45) is 0. The summed E-state index contributed by atoms with van der Waals surface area (Å²) in [4.78, 5) is 12.0. The lowest BCUT2D eigenvalue weighted by Gasteiger charge is -2.22. The highest BCUT2D eigenvalue weighted by Gasteiger charge is 2.11. The molecule has 25 heavy (non-hydrogen) atoms. The van der Waals surface area contributed by atoms with Crippen molar-refractivity contribution in [2.75, 3.05) is 31.2 Å². The number of nitrogens with zero attached hydrogens (tertiary/aromatic N) is 4. The Labute approximate surface area is 149 Å². The third-order valence-corrected chi connectivity index (χ3v) is 3.67. The summed E-state index contributed by atoms with van der Waals surface area (Å²) < 4.78 is 0. The van der Waals surface area contributed by atoms with Gasteiger partial charge in [-0.25, -0.2) is 0 Å². The minimum atomic E-state index is -0.563. The van der Waals surface area contributed by atoms with Gasteiger partial charge >= 0.3 is 0 Å². The molecular weight excluding hydrogens is 348 g/mol. The Morgan fingerprint density at radius 2 is 1.56 bits per heavy atom. The van der Waals surface area contributed by atoms with Crippen LogP contribution in [-0.4, -0.2) is 41.4 Å². The molecule has 8 nitrogen and oxygen atoms in total. The fourth-order valence-corrected chi connectivity index (χ4v) is 2.41. The van der Waals surface area contributed by atoms with Crippen LogP contribution in [0.1, 0.15) is 0 Å². The largest absolute Gasteiger partial charge is 0.395 e. The smallest absolute Gasteiger partial charge is 0.288 e. The van der Waals surface area contributed by atoms with Gasteiger partial charge < -0.3 is 15.1 Å². The molecule has 9 heteroatoms. The number of anilines is 1. The fraction of sp³-hybridized carbons (Fsp3) is 0.250. The zero-order chi connectivity index (χ0) is 18.2. The third-order valence-electron chi connectivity index (χ3n) is 3.36. The molecule has 0 heterocycles. The first-order valence-corrected chi connectivity index (χ1v) is 7.85. The van der Waals surface area contributed by atoms with Crippen LogP contribution in [0, 0.1) is 10.1 Å². The molecule has 0 amide bonds. The number of nitro benzene ring substituents is 1. The Morgan fingerprint density at radius 3 is 2.08 bits per heavy atom. The second-order valence-corrected chi connectivity index (χ2v) is 5.45. The van der Waals surface area contributed by atoms with Crippen molar-refractivity contribution in [3.63, 3.8) is 0 Å². The van der Waals surface area contributed by atoms with E-state index in [1.807, 2.05) is 17.0 Å². The molecule has 0 spiro atoms. The van der Waals surface area contributed by atoms with E-state index in [-0.39, 0.29) is 23.9 Å². The van der Waals surface area contributed by atoms with Gasteiger partial charge in [0.25, 0.3) is 5.69 Å². The van der Waals surface area contributed by atoms with Crippen molar-refractivity contribution in [3.8, 4) is 0 Å². The van der Waals surface area contributed by atoms with Gasteiger partial charge in [0.1, 0.15) is 5.02 Å². The fourth-order valence-electron chi connectivity index (χ4n) is 2.16. The molecule has 0 bridgehead atoms. The van der Waals surface area contributed by atoms with Crippen LogP contribution in [0.3, 0.4) is 0 Å². The number of nitro groups is 1. The maximum Gasteiger partial charge on any atom is 0.288 e. The SMILES string of the molecule is O=[N+]([O-])c1ccc(N=Nc2ccc(N(CCO)CCO)cc2)cc1Cl. The maximum atomic E-state index is 10.7. The molecule has 0 aromatic heterocycles. The van der Waals surface area contributed by atoms with Crippen molar-refractivity contribution >= 4 is 34.4 Å². The predicted molar refractivity (Wildman–Crippen MR) is 95.1 cm³/mol. The van der Waals surface area contributed by atoms with E-state index in [0.29, 0.717) is 24.5 Å². The summed E-state index contributed by atoms with van der Waals surface area (Å²) in [6.45, 7) is 0.816. The number of azo groups is 1. The minimum absolute atomic E-state index is 0.000414. The van der Waals surface area contributed by atoms with Crippen LogP contribution in [0.4, 0.5) is 22.7 Å². The van der Waals surface area contributed by atoms with Gasteiger partial charge in [-0.3, -0.25) is 10.1 Å². The van der Waals surface area contributed by atoms with Gasteiger partial charge in [0, 0.05) is 24.8 Å². The number of hydrogen-bond donors (Lipinski definition) is 2. The Balaban J connectivity index is 2.11. The van der Waals surface area contributed by atoms with Crippen LogP contribution in [0.25, 0.3) is 0 Å². The first-order chi connectivity index (χ1) is 12.0. The Kier molecular flexibility index (Phi) is 6.81. The van der Waals surface area contributed by atoms with Gasteiger partial charge in [0.05, 0.1) is 29.5 Å². The molecule has 132 valence electrons.